The fourth-order valence-electron chi connectivity index (χ4n) is 11.2. The van der Waals surface area contributed by atoms with E-state index in [0.717, 1.165) is 50.0 Å². The molecule has 3 heteroatoms. The molecule has 0 amide bonds. The van der Waals surface area contributed by atoms with Gasteiger partial charge in [-0.15, -0.1) is 0 Å². The summed E-state index contributed by atoms with van der Waals surface area (Å²) in [6.45, 7) is 9.36. The van der Waals surface area contributed by atoms with Gasteiger partial charge in [-0.05, 0) is 149 Å². The van der Waals surface area contributed by atoms with Crippen LogP contribution in [-0.2, 0) is 10.8 Å². The Kier molecular flexibility index (Phi) is 8.60. The van der Waals surface area contributed by atoms with Crippen molar-refractivity contribution in [2.24, 2.45) is 0 Å². The summed E-state index contributed by atoms with van der Waals surface area (Å²) in [5.74, 6) is 0. The molecule has 0 aliphatic heterocycles. The second kappa shape index (κ2) is 14.7. The SMILES string of the molecule is CC1(C)c2ccccc2-c2ccc(-c3cccc(-c4cccc(-c5ccc6oc7c(-c8cccc(-c9cccc(-c%10ccc%11c(c%10)C(C)(C)c%10ccccc%10-%11)c9)c8)ncnc7c6c5)c4)c3)cc21. The van der Waals surface area contributed by atoms with Gasteiger partial charge in [0.15, 0.2) is 5.58 Å². The Hall–Kier alpha value is -8.14. The summed E-state index contributed by atoms with van der Waals surface area (Å²) in [6, 6.07) is 73.2. The van der Waals surface area contributed by atoms with Crippen molar-refractivity contribution >= 4 is 22.1 Å². The highest BCUT2D eigenvalue weighted by atomic mass is 16.3. The average molecular weight is 859 g/mol. The van der Waals surface area contributed by atoms with E-state index in [-0.39, 0.29) is 10.8 Å². The Balaban J connectivity index is 0.801. The molecule has 0 N–H and O–H groups in total. The number of nitrogens with zero attached hydrogens (tertiary/aromatic N) is 2. The Bertz CT molecular complexity index is 3830. The van der Waals surface area contributed by atoms with Gasteiger partial charge in [-0.3, -0.25) is 0 Å². The van der Waals surface area contributed by atoms with E-state index >= 15 is 0 Å². The normalized spacial score (nSPS) is 13.9. The first-order valence-electron chi connectivity index (χ1n) is 23.3. The van der Waals surface area contributed by atoms with Crippen molar-refractivity contribution in [2.75, 3.05) is 0 Å². The molecule has 2 aliphatic rings. The fourth-order valence-corrected chi connectivity index (χ4v) is 11.2. The molecule has 0 spiro atoms. The van der Waals surface area contributed by atoms with Crippen molar-refractivity contribution < 1.29 is 4.42 Å². The smallest absolute Gasteiger partial charge is 0.180 e. The molecule has 2 aromatic heterocycles. The lowest BCUT2D eigenvalue weighted by Crippen LogP contribution is -2.14. The summed E-state index contributed by atoms with van der Waals surface area (Å²) in [5.41, 5.74) is 26.6. The van der Waals surface area contributed by atoms with E-state index in [1.807, 2.05) is 0 Å². The number of aromatic nitrogens is 2. The largest absolute Gasteiger partial charge is 0.452 e. The summed E-state index contributed by atoms with van der Waals surface area (Å²) < 4.78 is 6.61. The minimum absolute atomic E-state index is 0.0435. The second-order valence-corrected chi connectivity index (χ2v) is 19.4. The maximum Gasteiger partial charge on any atom is 0.180 e. The minimum Gasteiger partial charge on any atom is -0.452 e. The van der Waals surface area contributed by atoms with Crippen LogP contribution in [0.5, 0.6) is 0 Å². The molecule has 0 unspecified atom stereocenters. The molecule has 0 atom stereocenters. The van der Waals surface area contributed by atoms with Gasteiger partial charge in [0, 0.05) is 21.8 Å². The van der Waals surface area contributed by atoms with Gasteiger partial charge in [-0.1, -0.05) is 179 Å². The number of benzene rings is 9. The molecule has 9 aromatic carbocycles. The first-order valence-corrected chi connectivity index (χ1v) is 23.3. The van der Waals surface area contributed by atoms with Gasteiger partial charge in [-0.25, -0.2) is 9.97 Å². The van der Waals surface area contributed by atoms with Crippen molar-refractivity contribution in [1.82, 2.24) is 9.97 Å². The van der Waals surface area contributed by atoms with Gasteiger partial charge >= 0.3 is 0 Å². The number of hydrogen-bond donors (Lipinski definition) is 0. The lowest BCUT2D eigenvalue weighted by molar-refractivity contribution is 0.660. The van der Waals surface area contributed by atoms with E-state index in [1.54, 1.807) is 6.33 Å². The third kappa shape index (κ3) is 6.18. The number of furan rings is 1. The first-order chi connectivity index (χ1) is 32.7. The number of hydrogen-bond acceptors (Lipinski definition) is 3. The van der Waals surface area contributed by atoms with E-state index in [1.165, 1.54) is 77.9 Å². The van der Waals surface area contributed by atoms with Crippen LogP contribution in [0.3, 0.4) is 0 Å². The van der Waals surface area contributed by atoms with E-state index in [0.29, 0.717) is 5.58 Å². The van der Waals surface area contributed by atoms with Crippen LogP contribution in [0.1, 0.15) is 49.9 Å². The Morgan fingerprint density at radius 2 is 0.716 bits per heavy atom. The van der Waals surface area contributed by atoms with Gasteiger partial charge in [0.1, 0.15) is 23.1 Å². The monoisotopic (exact) mass is 858 g/mol. The molecular weight excluding hydrogens is 813 g/mol. The highest BCUT2D eigenvalue weighted by Crippen LogP contribution is 2.51. The van der Waals surface area contributed by atoms with Gasteiger partial charge in [0.25, 0.3) is 0 Å². The van der Waals surface area contributed by atoms with Crippen LogP contribution < -0.4 is 0 Å². The zero-order valence-electron chi connectivity index (χ0n) is 37.9. The zero-order chi connectivity index (χ0) is 45.0. The van der Waals surface area contributed by atoms with Crippen LogP contribution in [0.4, 0.5) is 0 Å². The molecule has 0 saturated heterocycles. The van der Waals surface area contributed by atoms with Crippen LogP contribution in [0.2, 0.25) is 0 Å². The predicted molar refractivity (Wildman–Crippen MR) is 277 cm³/mol. The van der Waals surface area contributed by atoms with Crippen molar-refractivity contribution in [3.8, 4) is 89.1 Å². The molecule has 0 radical (unpaired) electrons. The Morgan fingerprint density at radius 3 is 1.21 bits per heavy atom. The highest BCUT2D eigenvalue weighted by molar-refractivity contribution is 6.07. The summed E-state index contributed by atoms with van der Waals surface area (Å²) >= 11 is 0. The summed E-state index contributed by atoms with van der Waals surface area (Å²) in [7, 11) is 0. The summed E-state index contributed by atoms with van der Waals surface area (Å²) in [4.78, 5) is 9.62. The minimum atomic E-state index is -0.0513. The van der Waals surface area contributed by atoms with Crippen LogP contribution >= 0.6 is 0 Å². The fraction of sp³-hybridized carbons (Fsp3) is 0.0938. The van der Waals surface area contributed by atoms with Crippen LogP contribution in [0.15, 0.2) is 211 Å². The molecule has 2 aliphatic carbocycles. The molecule has 2 heterocycles. The van der Waals surface area contributed by atoms with E-state index < -0.39 is 0 Å². The third-order valence-electron chi connectivity index (χ3n) is 14.8. The molecule has 13 rings (SSSR count). The first kappa shape index (κ1) is 39.2. The van der Waals surface area contributed by atoms with Crippen LogP contribution in [0, 0.1) is 0 Å². The maximum atomic E-state index is 6.61. The van der Waals surface area contributed by atoms with Crippen LogP contribution in [0.25, 0.3) is 111 Å². The molecular formula is C64H46N2O. The number of rotatable bonds is 6. The Morgan fingerprint density at radius 1 is 0.328 bits per heavy atom. The van der Waals surface area contributed by atoms with E-state index in [4.69, 9.17) is 14.4 Å². The van der Waals surface area contributed by atoms with Crippen molar-refractivity contribution in [1.29, 1.82) is 0 Å². The lowest BCUT2D eigenvalue weighted by Gasteiger charge is -2.22. The standard InChI is InChI=1S/C64H46N2O/c1-63(2)55-23-7-5-21-50(55)52-28-25-47(36-57(52)63)43-17-10-14-40(32-43)39-13-9-16-42(31-39)46-27-30-59-54(35-46)61-62(67-59)60(65-38-66-61)49-20-12-19-45(34-49)41-15-11-18-44(33-41)48-26-29-53-51-22-6-8-24-56(51)64(3,4)58(53)37-48/h5-38H,1-4H3. The van der Waals surface area contributed by atoms with Gasteiger partial charge in [0.05, 0.1) is 0 Å². The summed E-state index contributed by atoms with van der Waals surface area (Å²) in [6.07, 6.45) is 1.66. The predicted octanol–water partition coefficient (Wildman–Crippen LogP) is 17.0. The molecule has 0 bridgehead atoms. The van der Waals surface area contributed by atoms with Crippen molar-refractivity contribution in [2.45, 2.75) is 38.5 Å². The second-order valence-electron chi connectivity index (χ2n) is 19.4. The number of fused-ring (bicyclic) bond motifs is 9. The van der Waals surface area contributed by atoms with Gasteiger partial charge in [-0.2, -0.15) is 0 Å². The molecule has 0 saturated carbocycles. The molecule has 67 heavy (non-hydrogen) atoms. The average Bonchev–Trinajstić information content (AvgIpc) is 3.95. The van der Waals surface area contributed by atoms with Crippen molar-refractivity contribution in [3.63, 3.8) is 0 Å². The van der Waals surface area contributed by atoms with Crippen LogP contribution in [-0.4, -0.2) is 9.97 Å². The van der Waals surface area contributed by atoms with Crippen molar-refractivity contribution in [3.05, 3.63) is 229 Å². The van der Waals surface area contributed by atoms with Gasteiger partial charge < -0.3 is 4.42 Å². The molecule has 11 aromatic rings. The highest BCUT2D eigenvalue weighted by Gasteiger charge is 2.36. The quantitative estimate of drug-likeness (QED) is 0.167. The molecule has 3 nitrogen and oxygen atoms in total. The van der Waals surface area contributed by atoms with E-state index in [2.05, 4.69) is 228 Å². The third-order valence-corrected chi connectivity index (χ3v) is 14.8. The maximum absolute atomic E-state index is 6.61. The van der Waals surface area contributed by atoms with E-state index in [9.17, 15) is 0 Å². The Labute approximate surface area is 391 Å². The molecule has 0 fully saturated rings. The van der Waals surface area contributed by atoms with Gasteiger partial charge in [0.2, 0.25) is 0 Å². The lowest BCUT2D eigenvalue weighted by atomic mass is 9.81. The topological polar surface area (TPSA) is 38.9 Å². The molecule has 318 valence electrons. The zero-order valence-corrected chi connectivity index (χ0v) is 37.9. The summed E-state index contributed by atoms with van der Waals surface area (Å²) in [5, 5.41) is 0.967.